The molecule has 0 aromatic rings. The largest absolute Gasteiger partial charge is 0.393 e. The molecule has 3 heterocycles. The first kappa shape index (κ1) is 29.1. The van der Waals surface area contributed by atoms with E-state index in [1.54, 1.807) is 0 Å². The van der Waals surface area contributed by atoms with Gasteiger partial charge >= 0.3 is 0 Å². The molecule has 9 heteroatoms. The van der Waals surface area contributed by atoms with Crippen molar-refractivity contribution >= 4 is 0 Å². The normalized spacial score (nSPS) is 60.2. The van der Waals surface area contributed by atoms with E-state index in [1.165, 1.54) is 5.57 Å². The summed E-state index contributed by atoms with van der Waals surface area (Å²) in [4.78, 5) is 0. The Kier molecular flexibility index (Phi) is 6.88. The van der Waals surface area contributed by atoms with Crippen LogP contribution in [0.5, 0.6) is 0 Å². The van der Waals surface area contributed by atoms with Crippen LogP contribution in [0.4, 0.5) is 0 Å². The zero-order valence-electron chi connectivity index (χ0n) is 24.9. The van der Waals surface area contributed by atoms with Gasteiger partial charge in [0.25, 0.3) is 0 Å². The van der Waals surface area contributed by atoms with Crippen molar-refractivity contribution < 1.29 is 44.5 Å². The topological polar surface area (TPSA) is 138 Å². The summed E-state index contributed by atoms with van der Waals surface area (Å²) in [6.07, 6.45) is 2.50. The molecule has 6 fully saturated rings. The fourth-order valence-corrected chi connectivity index (χ4v) is 10.9. The molecule has 4 aliphatic carbocycles. The second-order valence-electron chi connectivity index (χ2n) is 15.2. The highest BCUT2D eigenvalue weighted by Gasteiger charge is 2.76. The minimum Gasteiger partial charge on any atom is -0.393 e. The van der Waals surface area contributed by atoms with Crippen LogP contribution in [-0.4, -0.2) is 93.0 Å². The van der Waals surface area contributed by atoms with E-state index in [-0.39, 0.29) is 41.3 Å². The molecular weight excluding hydrogens is 528 g/mol. The lowest BCUT2D eigenvalue weighted by Gasteiger charge is -2.61. The van der Waals surface area contributed by atoms with Gasteiger partial charge in [-0.2, -0.15) is 0 Å². The van der Waals surface area contributed by atoms with Gasteiger partial charge in [0.15, 0.2) is 12.1 Å². The summed E-state index contributed by atoms with van der Waals surface area (Å²) in [7, 11) is 0. The molecule has 9 nitrogen and oxygen atoms in total. The molecule has 232 valence electrons. The first-order valence-corrected chi connectivity index (χ1v) is 16.1. The number of aliphatic hydroxyl groups is 5. The number of fused-ring (bicyclic) bond motifs is 7. The van der Waals surface area contributed by atoms with Gasteiger partial charge in [-0.25, -0.2) is 0 Å². The Labute approximate surface area is 243 Å². The SMILES string of the molecule is C[C@@H]1CC[C@]2(OC1)O[C@H]1C[C@H]3[C@H]4CC=C5C[C@@H](O)C[C@@H](O[C@@H]6OC[C@@H](O)[C@H](O)[C@H]6O)[C@]5(C)[C@@H]4CC[C@]3(C)[C@]1(O)[C@H]2C. The number of aliphatic hydroxyl groups excluding tert-OH is 4. The van der Waals surface area contributed by atoms with E-state index in [0.29, 0.717) is 31.3 Å². The van der Waals surface area contributed by atoms with E-state index < -0.39 is 48.2 Å². The van der Waals surface area contributed by atoms with Crippen molar-refractivity contribution in [3.05, 3.63) is 11.6 Å². The molecule has 0 radical (unpaired) electrons. The van der Waals surface area contributed by atoms with Crippen LogP contribution in [0.15, 0.2) is 11.6 Å². The number of allylic oxidation sites excluding steroid dienone is 1. The molecule has 0 aromatic carbocycles. The van der Waals surface area contributed by atoms with E-state index in [9.17, 15) is 25.5 Å². The van der Waals surface area contributed by atoms with E-state index in [0.717, 1.165) is 38.5 Å². The quantitative estimate of drug-likeness (QED) is 0.313. The Morgan fingerprint density at radius 3 is 2.46 bits per heavy atom. The van der Waals surface area contributed by atoms with Gasteiger partial charge in [-0.1, -0.05) is 39.3 Å². The number of rotatable bonds is 2. The summed E-state index contributed by atoms with van der Waals surface area (Å²) in [6, 6.07) is 0. The highest BCUT2D eigenvalue weighted by atomic mass is 16.7. The summed E-state index contributed by atoms with van der Waals surface area (Å²) in [5.41, 5.74) is -0.445. The van der Waals surface area contributed by atoms with Crippen LogP contribution in [0, 0.1) is 40.4 Å². The van der Waals surface area contributed by atoms with Crippen molar-refractivity contribution in [1.82, 2.24) is 0 Å². The molecule has 0 unspecified atom stereocenters. The van der Waals surface area contributed by atoms with Crippen molar-refractivity contribution in [3.8, 4) is 0 Å². The van der Waals surface area contributed by atoms with Gasteiger partial charge in [-0.05, 0) is 62.2 Å². The van der Waals surface area contributed by atoms with Gasteiger partial charge in [0, 0.05) is 29.6 Å². The summed E-state index contributed by atoms with van der Waals surface area (Å²) in [5, 5.41) is 54.3. The second kappa shape index (κ2) is 9.69. The summed E-state index contributed by atoms with van der Waals surface area (Å²) in [5.74, 6) is 0.563. The molecule has 7 aliphatic rings. The number of hydrogen-bond donors (Lipinski definition) is 5. The lowest BCUT2D eigenvalue weighted by Crippen LogP contribution is -2.62. The van der Waals surface area contributed by atoms with Crippen LogP contribution in [0.1, 0.15) is 79.1 Å². The predicted molar refractivity (Wildman–Crippen MR) is 147 cm³/mol. The molecule has 7 rings (SSSR count). The molecule has 41 heavy (non-hydrogen) atoms. The van der Waals surface area contributed by atoms with Crippen LogP contribution in [0.3, 0.4) is 0 Å². The summed E-state index contributed by atoms with van der Waals surface area (Å²) in [6.45, 7) is 9.43. The third kappa shape index (κ3) is 3.86. The lowest BCUT2D eigenvalue weighted by molar-refractivity contribution is -0.300. The predicted octanol–water partition coefficient (Wildman–Crippen LogP) is 2.26. The zero-order valence-corrected chi connectivity index (χ0v) is 24.9. The van der Waals surface area contributed by atoms with Crippen LogP contribution in [0.2, 0.25) is 0 Å². The molecule has 16 atom stereocenters. The minimum atomic E-state index is -1.37. The summed E-state index contributed by atoms with van der Waals surface area (Å²) < 4.78 is 25.3. The molecule has 0 aromatic heterocycles. The fourth-order valence-electron chi connectivity index (χ4n) is 10.9. The third-order valence-corrected chi connectivity index (χ3v) is 13.4. The van der Waals surface area contributed by atoms with Gasteiger partial charge in [0.05, 0.1) is 31.5 Å². The standard InChI is InChI=1S/C32H50O9/c1-16-7-10-31(39-14-16)17(2)32(37)25(41-31)13-22-20-6-5-18-11-19(33)12-24(30(18,4)21(20)8-9-29(22,32)3)40-28-27(36)26(35)23(34)15-38-28/h5,16-17,19-28,33-37H,6-15H2,1-4H3/t16-,17+,19-,20+,21-,22+,23-,24-,25+,26+,27-,28+,29+,30+,31+,32+/m1/s1. The van der Waals surface area contributed by atoms with Crippen molar-refractivity contribution in [3.63, 3.8) is 0 Å². The molecule has 3 saturated heterocycles. The van der Waals surface area contributed by atoms with Crippen molar-refractivity contribution in [2.24, 2.45) is 40.4 Å². The Morgan fingerprint density at radius 1 is 0.951 bits per heavy atom. The Hall–Kier alpha value is -0.620. The van der Waals surface area contributed by atoms with E-state index in [1.807, 2.05) is 0 Å². The van der Waals surface area contributed by atoms with Crippen LogP contribution < -0.4 is 0 Å². The molecule has 3 aliphatic heterocycles. The molecule has 3 saturated carbocycles. The van der Waals surface area contributed by atoms with Gasteiger partial charge in [0.2, 0.25) is 0 Å². The maximum Gasteiger partial charge on any atom is 0.186 e. The van der Waals surface area contributed by atoms with Gasteiger partial charge in [-0.15, -0.1) is 0 Å². The average Bonchev–Trinajstić information content (AvgIpc) is 3.29. The fraction of sp³-hybridized carbons (Fsp3) is 0.938. The second-order valence-corrected chi connectivity index (χ2v) is 15.2. The van der Waals surface area contributed by atoms with E-state index >= 15 is 0 Å². The number of hydrogen-bond acceptors (Lipinski definition) is 9. The average molecular weight is 579 g/mol. The van der Waals surface area contributed by atoms with Crippen LogP contribution in [-0.2, 0) is 18.9 Å². The van der Waals surface area contributed by atoms with Crippen molar-refractivity contribution in [2.75, 3.05) is 13.2 Å². The first-order chi connectivity index (χ1) is 19.3. The molecule has 5 N–H and O–H groups in total. The highest BCUT2D eigenvalue weighted by Crippen LogP contribution is 2.72. The summed E-state index contributed by atoms with van der Waals surface area (Å²) >= 11 is 0. The monoisotopic (exact) mass is 578 g/mol. The smallest absolute Gasteiger partial charge is 0.186 e. The molecule has 0 bridgehead atoms. The molecule has 0 amide bonds. The Morgan fingerprint density at radius 2 is 1.73 bits per heavy atom. The van der Waals surface area contributed by atoms with Gasteiger partial charge < -0.3 is 44.5 Å². The van der Waals surface area contributed by atoms with Crippen LogP contribution in [0.25, 0.3) is 0 Å². The lowest BCUT2D eigenvalue weighted by atomic mass is 9.45. The maximum atomic E-state index is 12.6. The maximum absolute atomic E-state index is 12.6. The van der Waals surface area contributed by atoms with Crippen molar-refractivity contribution in [1.29, 1.82) is 0 Å². The third-order valence-electron chi connectivity index (χ3n) is 13.4. The highest BCUT2D eigenvalue weighted by molar-refractivity contribution is 5.30. The minimum absolute atomic E-state index is 0.114. The Balaban J connectivity index is 1.17. The van der Waals surface area contributed by atoms with Gasteiger partial charge in [-0.3, -0.25) is 0 Å². The number of ether oxygens (including phenoxy) is 4. The molecular formula is C32H50O9. The van der Waals surface area contributed by atoms with E-state index in [2.05, 4.69) is 33.8 Å². The van der Waals surface area contributed by atoms with E-state index in [4.69, 9.17) is 18.9 Å². The van der Waals surface area contributed by atoms with Crippen LogP contribution >= 0.6 is 0 Å². The molecule has 1 spiro atoms. The Bertz CT molecular complexity index is 1060. The van der Waals surface area contributed by atoms with Gasteiger partial charge in [0.1, 0.15) is 23.9 Å². The van der Waals surface area contributed by atoms with Crippen molar-refractivity contribution in [2.45, 2.75) is 133 Å². The zero-order chi connectivity index (χ0) is 29.1. The first-order valence-electron chi connectivity index (χ1n) is 16.1.